The minimum atomic E-state index is 0.185. The van der Waals surface area contributed by atoms with Crippen LogP contribution in [0.5, 0.6) is 0 Å². The van der Waals surface area contributed by atoms with Gasteiger partial charge >= 0.3 is 0 Å². The van der Waals surface area contributed by atoms with Crippen molar-refractivity contribution in [2.75, 3.05) is 13.2 Å². The van der Waals surface area contributed by atoms with E-state index in [1.54, 1.807) is 0 Å². The van der Waals surface area contributed by atoms with Gasteiger partial charge in [0.05, 0.1) is 19.3 Å². The molecule has 0 aromatic rings. The topological polar surface area (TPSA) is 29.5 Å². The highest BCUT2D eigenvalue weighted by Crippen LogP contribution is 2.45. The Kier molecular flexibility index (Phi) is 1.08. The van der Waals surface area contributed by atoms with Crippen molar-refractivity contribution in [2.45, 2.75) is 25.4 Å². The van der Waals surface area contributed by atoms with Gasteiger partial charge in [-0.15, -0.1) is 0 Å². The number of rotatable bonds is 1. The molecule has 1 heterocycles. The molecule has 0 spiro atoms. The van der Waals surface area contributed by atoms with Crippen LogP contribution in [-0.4, -0.2) is 24.4 Å². The van der Waals surface area contributed by atoms with Gasteiger partial charge in [0.15, 0.2) is 0 Å². The molecule has 9 heavy (non-hydrogen) atoms. The first kappa shape index (κ1) is 5.69. The molecule has 0 aromatic carbocycles. The Bertz CT molecular complexity index is 114. The fourth-order valence-electron chi connectivity index (χ4n) is 1.91. The molecule has 0 amide bonds. The third kappa shape index (κ3) is 0.700. The fourth-order valence-corrected chi connectivity index (χ4v) is 1.91. The summed E-state index contributed by atoms with van der Waals surface area (Å²) >= 11 is 0. The Labute approximate surface area is 54.8 Å². The fraction of sp³-hybridized carbons (Fsp3) is 1.00. The molecule has 2 heteroatoms. The molecule has 2 unspecified atom stereocenters. The Balaban J connectivity index is 2.13. The van der Waals surface area contributed by atoms with Crippen LogP contribution in [0.25, 0.3) is 0 Å². The van der Waals surface area contributed by atoms with Crippen LogP contribution in [0, 0.1) is 5.41 Å². The summed E-state index contributed by atoms with van der Waals surface area (Å²) in [5.41, 5.74) is 0.185. The quantitative estimate of drug-likeness (QED) is 0.558. The van der Waals surface area contributed by atoms with Crippen molar-refractivity contribution in [3.63, 3.8) is 0 Å². The molecular formula is C7H12O2. The Hall–Kier alpha value is -0.0800. The molecule has 1 N–H and O–H groups in total. The minimum Gasteiger partial charge on any atom is -0.396 e. The number of fused-ring (bicyclic) bond motifs is 2. The van der Waals surface area contributed by atoms with Crippen LogP contribution in [0.3, 0.4) is 0 Å². The molecule has 1 aliphatic heterocycles. The average Bonchev–Trinajstić information content (AvgIpc) is 2.46. The lowest BCUT2D eigenvalue weighted by Gasteiger charge is -2.21. The Morgan fingerprint density at radius 2 is 2.56 bits per heavy atom. The first-order chi connectivity index (χ1) is 4.35. The summed E-state index contributed by atoms with van der Waals surface area (Å²) in [6.45, 7) is 1.12. The molecule has 2 bridgehead atoms. The molecule has 1 aliphatic carbocycles. The average molecular weight is 128 g/mol. The van der Waals surface area contributed by atoms with E-state index in [1.807, 2.05) is 0 Å². The van der Waals surface area contributed by atoms with Gasteiger partial charge in [-0.2, -0.15) is 0 Å². The van der Waals surface area contributed by atoms with Crippen LogP contribution in [0.1, 0.15) is 19.3 Å². The summed E-state index contributed by atoms with van der Waals surface area (Å²) in [5.74, 6) is 0. The summed E-state index contributed by atoms with van der Waals surface area (Å²) in [6, 6.07) is 0. The monoisotopic (exact) mass is 128 g/mol. The van der Waals surface area contributed by atoms with Crippen LogP contribution in [0.4, 0.5) is 0 Å². The third-order valence-corrected chi connectivity index (χ3v) is 2.62. The van der Waals surface area contributed by atoms with Crippen molar-refractivity contribution in [3.8, 4) is 0 Å². The molecule has 2 rings (SSSR count). The number of ether oxygens (including phenoxy) is 1. The van der Waals surface area contributed by atoms with E-state index >= 15 is 0 Å². The second-order valence-electron chi connectivity index (χ2n) is 3.33. The maximum absolute atomic E-state index is 8.96. The number of aliphatic hydroxyl groups is 1. The Morgan fingerprint density at radius 1 is 1.67 bits per heavy atom. The lowest BCUT2D eigenvalue weighted by atomic mass is 9.90. The van der Waals surface area contributed by atoms with E-state index in [0.29, 0.717) is 12.7 Å². The summed E-state index contributed by atoms with van der Waals surface area (Å²) in [5, 5.41) is 8.96. The number of hydrogen-bond donors (Lipinski definition) is 1. The van der Waals surface area contributed by atoms with Crippen LogP contribution in [0.2, 0.25) is 0 Å². The molecule has 2 nitrogen and oxygen atoms in total. The molecule has 2 aliphatic rings. The smallest absolute Gasteiger partial charge is 0.0582 e. The summed E-state index contributed by atoms with van der Waals surface area (Å²) < 4.78 is 5.39. The summed E-state index contributed by atoms with van der Waals surface area (Å²) in [4.78, 5) is 0. The predicted octanol–water partition coefficient (Wildman–Crippen LogP) is 0.548. The highest BCUT2D eigenvalue weighted by molar-refractivity contribution is 4.94. The van der Waals surface area contributed by atoms with Crippen molar-refractivity contribution in [2.24, 2.45) is 5.41 Å². The molecule has 1 saturated carbocycles. The molecule has 2 atom stereocenters. The maximum Gasteiger partial charge on any atom is 0.0582 e. The summed E-state index contributed by atoms with van der Waals surface area (Å²) in [6.07, 6.45) is 3.93. The van der Waals surface area contributed by atoms with E-state index in [9.17, 15) is 0 Å². The van der Waals surface area contributed by atoms with Crippen molar-refractivity contribution >= 4 is 0 Å². The molecule has 52 valence electrons. The van der Waals surface area contributed by atoms with Gasteiger partial charge in [0.2, 0.25) is 0 Å². The van der Waals surface area contributed by atoms with Crippen LogP contribution >= 0.6 is 0 Å². The lowest BCUT2D eigenvalue weighted by molar-refractivity contribution is 0.0278. The van der Waals surface area contributed by atoms with Crippen molar-refractivity contribution in [3.05, 3.63) is 0 Å². The van der Waals surface area contributed by atoms with Gasteiger partial charge in [-0.05, 0) is 19.3 Å². The second kappa shape index (κ2) is 1.70. The predicted molar refractivity (Wildman–Crippen MR) is 33.1 cm³/mol. The van der Waals surface area contributed by atoms with Gasteiger partial charge in [-0.3, -0.25) is 0 Å². The van der Waals surface area contributed by atoms with E-state index in [-0.39, 0.29) is 5.41 Å². The normalized spacial score (nSPS) is 48.3. The second-order valence-corrected chi connectivity index (χ2v) is 3.33. The molecule has 2 fully saturated rings. The van der Waals surface area contributed by atoms with Gasteiger partial charge in [0.1, 0.15) is 0 Å². The molecule has 0 radical (unpaired) electrons. The van der Waals surface area contributed by atoms with Gasteiger partial charge < -0.3 is 9.84 Å². The standard InChI is InChI=1S/C7H12O2/c8-4-7-2-1-6(3-7)9-5-7/h6,8H,1-5H2. The van der Waals surface area contributed by atoms with Crippen LogP contribution in [-0.2, 0) is 4.74 Å². The Morgan fingerprint density at radius 3 is 2.78 bits per heavy atom. The molecule has 1 saturated heterocycles. The highest BCUT2D eigenvalue weighted by atomic mass is 16.5. The van der Waals surface area contributed by atoms with Gasteiger partial charge in [-0.1, -0.05) is 0 Å². The van der Waals surface area contributed by atoms with Gasteiger partial charge in [-0.25, -0.2) is 0 Å². The largest absolute Gasteiger partial charge is 0.396 e. The zero-order chi connectivity index (χ0) is 6.32. The van der Waals surface area contributed by atoms with E-state index < -0.39 is 0 Å². The van der Waals surface area contributed by atoms with E-state index in [2.05, 4.69) is 0 Å². The highest BCUT2D eigenvalue weighted by Gasteiger charge is 2.45. The molecular weight excluding hydrogens is 116 g/mol. The zero-order valence-electron chi connectivity index (χ0n) is 5.47. The molecule has 0 aromatic heterocycles. The van der Waals surface area contributed by atoms with E-state index in [4.69, 9.17) is 9.84 Å². The van der Waals surface area contributed by atoms with Crippen molar-refractivity contribution in [1.29, 1.82) is 0 Å². The summed E-state index contributed by atoms with van der Waals surface area (Å²) in [7, 11) is 0. The number of hydrogen-bond acceptors (Lipinski definition) is 2. The number of aliphatic hydroxyl groups excluding tert-OH is 1. The van der Waals surface area contributed by atoms with Crippen molar-refractivity contribution in [1.82, 2.24) is 0 Å². The van der Waals surface area contributed by atoms with Crippen LogP contribution < -0.4 is 0 Å². The van der Waals surface area contributed by atoms with Gasteiger partial charge in [0.25, 0.3) is 0 Å². The van der Waals surface area contributed by atoms with E-state index in [0.717, 1.165) is 13.0 Å². The minimum absolute atomic E-state index is 0.185. The maximum atomic E-state index is 8.96. The van der Waals surface area contributed by atoms with Crippen molar-refractivity contribution < 1.29 is 9.84 Å². The van der Waals surface area contributed by atoms with Crippen LogP contribution in [0.15, 0.2) is 0 Å². The third-order valence-electron chi connectivity index (χ3n) is 2.62. The van der Waals surface area contributed by atoms with Gasteiger partial charge in [0, 0.05) is 5.41 Å². The van der Waals surface area contributed by atoms with E-state index in [1.165, 1.54) is 12.8 Å². The first-order valence-electron chi connectivity index (χ1n) is 3.57. The first-order valence-corrected chi connectivity index (χ1v) is 3.57. The zero-order valence-corrected chi connectivity index (χ0v) is 5.47. The lowest BCUT2D eigenvalue weighted by Crippen LogP contribution is -2.24. The SMILES string of the molecule is OCC12CCC(C1)OC2.